The van der Waals surface area contributed by atoms with Gasteiger partial charge in [-0.15, -0.1) is 0 Å². The van der Waals surface area contributed by atoms with E-state index in [1.165, 1.54) is 12.8 Å². The quantitative estimate of drug-likeness (QED) is 0.842. The molecular formula is C15H29N3O. The Hall–Kier alpha value is -0.610. The largest absolute Gasteiger partial charge is 0.341 e. The predicted molar refractivity (Wildman–Crippen MR) is 77.8 cm³/mol. The molecule has 2 heterocycles. The maximum absolute atomic E-state index is 12.6. The first-order valence-corrected chi connectivity index (χ1v) is 7.73. The molecule has 0 saturated carbocycles. The smallest absolute Gasteiger partial charge is 0.239 e. The molecule has 0 aliphatic carbocycles. The molecule has 0 spiro atoms. The lowest BCUT2D eigenvalue weighted by atomic mass is 10.0. The van der Waals surface area contributed by atoms with Gasteiger partial charge in [-0.3, -0.25) is 9.69 Å². The van der Waals surface area contributed by atoms with Crippen LogP contribution in [0, 0.1) is 5.92 Å². The van der Waals surface area contributed by atoms with Crippen molar-refractivity contribution in [2.24, 2.45) is 11.7 Å². The van der Waals surface area contributed by atoms with Crippen LogP contribution < -0.4 is 5.73 Å². The molecule has 0 aromatic carbocycles. The van der Waals surface area contributed by atoms with Crippen molar-refractivity contribution in [1.29, 1.82) is 0 Å². The number of carbonyl (C=O) groups excluding carboxylic acids is 1. The molecule has 4 heteroatoms. The lowest BCUT2D eigenvalue weighted by Gasteiger charge is -2.34. The maximum atomic E-state index is 12.6. The van der Waals surface area contributed by atoms with Crippen LogP contribution in [-0.4, -0.2) is 53.0 Å². The summed E-state index contributed by atoms with van der Waals surface area (Å²) in [6.07, 6.45) is 3.48. The maximum Gasteiger partial charge on any atom is 0.239 e. The number of hydrogen-bond donors (Lipinski definition) is 1. The van der Waals surface area contributed by atoms with Crippen molar-refractivity contribution in [1.82, 2.24) is 9.80 Å². The monoisotopic (exact) mass is 267 g/mol. The average Bonchev–Trinajstić information content (AvgIpc) is 2.95. The second kappa shape index (κ2) is 5.80. The lowest BCUT2D eigenvalue weighted by Crippen LogP contribution is -2.50. The Labute approximate surface area is 117 Å². The highest BCUT2D eigenvalue weighted by Crippen LogP contribution is 2.28. The van der Waals surface area contributed by atoms with Gasteiger partial charge in [-0.1, -0.05) is 0 Å². The summed E-state index contributed by atoms with van der Waals surface area (Å²) in [6, 6.07) is 1.26. The molecule has 0 aromatic heterocycles. The average molecular weight is 267 g/mol. The van der Waals surface area contributed by atoms with Gasteiger partial charge >= 0.3 is 0 Å². The van der Waals surface area contributed by atoms with Crippen LogP contribution in [0.1, 0.15) is 47.0 Å². The topological polar surface area (TPSA) is 49.6 Å². The highest BCUT2D eigenvalue weighted by atomic mass is 16.2. The molecule has 1 amide bonds. The summed E-state index contributed by atoms with van der Waals surface area (Å²) >= 11 is 0. The van der Waals surface area contributed by atoms with Gasteiger partial charge < -0.3 is 10.6 Å². The molecule has 2 aliphatic rings. The second-order valence-electron chi connectivity index (χ2n) is 6.59. The standard InChI is InChI=1S/C15H29N3O/c1-10-5-6-11(2)18(10)13(4)15(19)17-8-7-14(9-17)12(3)16/h10-14H,5-9,16H2,1-4H3. The van der Waals surface area contributed by atoms with Crippen molar-refractivity contribution in [3.8, 4) is 0 Å². The fraction of sp³-hybridized carbons (Fsp3) is 0.933. The zero-order valence-corrected chi connectivity index (χ0v) is 12.8. The van der Waals surface area contributed by atoms with Gasteiger partial charge in [0.05, 0.1) is 6.04 Å². The van der Waals surface area contributed by atoms with Crippen molar-refractivity contribution in [2.45, 2.75) is 71.1 Å². The van der Waals surface area contributed by atoms with Gasteiger partial charge in [0.1, 0.15) is 0 Å². The Morgan fingerprint density at radius 2 is 1.74 bits per heavy atom. The summed E-state index contributed by atoms with van der Waals surface area (Å²) in [5.74, 6) is 0.772. The molecule has 2 rings (SSSR count). The zero-order chi connectivity index (χ0) is 14.2. The molecule has 5 atom stereocenters. The number of nitrogens with two attached hydrogens (primary N) is 1. The predicted octanol–water partition coefficient (Wildman–Crippen LogP) is 1.44. The molecule has 0 bridgehead atoms. The van der Waals surface area contributed by atoms with Crippen molar-refractivity contribution in [3.63, 3.8) is 0 Å². The summed E-state index contributed by atoms with van der Waals surface area (Å²) in [5, 5.41) is 0. The lowest BCUT2D eigenvalue weighted by molar-refractivity contribution is -0.136. The third-order valence-electron chi connectivity index (χ3n) is 5.10. The van der Waals surface area contributed by atoms with E-state index in [0.29, 0.717) is 23.9 Å². The molecule has 2 aliphatic heterocycles. The van der Waals surface area contributed by atoms with Gasteiger partial charge in [-0.05, 0) is 52.9 Å². The van der Waals surface area contributed by atoms with Gasteiger partial charge in [0.25, 0.3) is 0 Å². The van der Waals surface area contributed by atoms with Crippen molar-refractivity contribution in [2.75, 3.05) is 13.1 Å². The van der Waals surface area contributed by atoms with E-state index < -0.39 is 0 Å². The molecule has 110 valence electrons. The first-order valence-electron chi connectivity index (χ1n) is 7.73. The fourth-order valence-corrected chi connectivity index (χ4v) is 3.79. The minimum absolute atomic E-state index is 0.0133. The van der Waals surface area contributed by atoms with Crippen LogP contribution in [0.25, 0.3) is 0 Å². The molecule has 4 nitrogen and oxygen atoms in total. The van der Waals surface area contributed by atoms with E-state index in [-0.39, 0.29) is 12.1 Å². The van der Waals surface area contributed by atoms with Crippen molar-refractivity contribution < 1.29 is 4.79 Å². The van der Waals surface area contributed by atoms with Crippen LogP contribution >= 0.6 is 0 Å². The van der Waals surface area contributed by atoms with E-state index in [2.05, 4.69) is 25.7 Å². The molecular weight excluding hydrogens is 238 g/mol. The first-order chi connectivity index (χ1) is 8.91. The van der Waals surface area contributed by atoms with Gasteiger partial charge in [0, 0.05) is 31.2 Å². The Kier molecular flexibility index (Phi) is 4.51. The number of amides is 1. The van der Waals surface area contributed by atoms with E-state index in [9.17, 15) is 4.79 Å². The normalized spacial score (nSPS) is 35.6. The number of nitrogens with zero attached hydrogens (tertiary/aromatic N) is 2. The number of likely N-dealkylation sites (tertiary alicyclic amines) is 2. The molecule has 2 saturated heterocycles. The van der Waals surface area contributed by atoms with Gasteiger partial charge in [-0.25, -0.2) is 0 Å². The number of hydrogen-bond acceptors (Lipinski definition) is 3. The second-order valence-corrected chi connectivity index (χ2v) is 6.59. The number of rotatable bonds is 3. The Balaban J connectivity index is 1.96. The van der Waals surface area contributed by atoms with Crippen LogP contribution in [0.2, 0.25) is 0 Å². The van der Waals surface area contributed by atoms with Crippen LogP contribution in [0.4, 0.5) is 0 Å². The third kappa shape index (κ3) is 2.95. The Morgan fingerprint density at radius 1 is 1.16 bits per heavy atom. The minimum Gasteiger partial charge on any atom is -0.341 e. The van der Waals surface area contributed by atoms with E-state index in [1.807, 2.05) is 11.8 Å². The molecule has 2 fully saturated rings. The van der Waals surface area contributed by atoms with Crippen molar-refractivity contribution >= 4 is 5.91 Å². The molecule has 0 aromatic rings. The van der Waals surface area contributed by atoms with Crippen LogP contribution in [0.15, 0.2) is 0 Å². The fourth-order valence-electron chi connectivity index (χ4n) is 3.79. The molecule has 0 radical (unpaired) electrons. The highest BCUT2D eigenvalue weighted by Gasteiger charge is 2.38. The van der Waals surface area contributed by atoms with Gasteiger partial charge in [0.15, 0.2) is 0 Å². The number of carbonyl (C=O) groups is 1. The third-order valence-corrected chi connectivity index (χ3v) is 5.10. The van der Waals surface area contributed by atoms with Gasteiger partial charge in [0.2, 0.25) is 5.91 Å². The first kappa shape index (κ1) is 14.8. The van der Waals surface area contributed by atoms with E-state index in [0.717, 1.165) is 19.5 Å². The van der Waals surface area contributed by atoms with Gasteiger partial charge in [-0.2, -0.15) is 0 Å². The molecule has 5 unspecified atom stereocenters. The summed E-state index contributed by atoms with van der Waals surface area (Å²) in [5.41, 5.74) is 5.95. The Morgan fingerprint density at radius 3 is 2.21 bits per heavy atom. The summed E-state index contributed by atoms with van der Waals surface area (Å²) < 4.78 is 0. The summed E-state index contributed by atoms with van der Waals surface area (Å²) in [4.78, 5) is 17.0. The minimum atomic E-state index is 0.0133. The highest BCUT2D eigenvalue weighted by molar-refractivity contribution is 5.81. The Bertz CT molecular complexity index is 321. The van der Waals surface area contributed by atoms with E-state index in [4.69, 9.17) is 5.73 Å². The zero-order valence-electron chi connectivity index (χ0n) is 12.8. The molecule has 2 N–H and O–H groups in total. The molecule has 19 heavy (non-hydrogen) atoms. The van der Waals surface area contributed by atoms with Crippen LogP contribution in [0.5, 0.6) is 0 Å². The van der Waals surface area contributed by atoms with E-state index >= 15 is 0 Å². The van der Waals surface area contributed by atoms with E-state index in [1.54, 1.807) is 0 Å². The summed E-state index contributed by atoms with van der Waals surface area (Å²) in [6.45, 7) is 10.3. The SMILES string of the molecule is CC(N)C1CCN(C(=O)C(C)N2C(C)CCC2C)C1. The van der Waals surface area contributed by atoms with Crippen LogP contribution in [0.3, 0.4) is 0 Å². The van der Waals surface area contributed by atoms with Crippen LogP contribution in [-0.2, 0) is 4.79 Å². The summed E-state index contributed by atoms with van der Waals surface area (Å²) in [7, 11) is 0. The van der Waals surface area contributed by atoms with Crippen molar-refractivity contribution in [3.05, 3.63) is 0 Å².